The topological polar surface area (TPSA) is 41.5 Å². The predicted molar refractivity (Wildman–Crippen MR) is 68.2 cm³/mol. The molecule has 0 spiro atoms. The van der Waals surface area contributed by atoms with Gasteiger partial charge in [0.25, 0.3) is 0 Å². The summed E-state index contributed by atoms with van der Waals surface area (Å²) in [7, 11) is 1.89. The van der Waals surface area contributed by atoms with Crippen molar-refractivity contribution < 1.29 is 9.84 Å². The molecule has 1 aliphatic rings. The fourth-order valence-electron chi connectivity index (χ4n) is 1.80. The van der Waals surface area contributed by atoms with Gasteiger partial charge in [-0.1, -0.05) is 12.1 Å². The van der Waals surface area contributed by atoms with Crippen molar-refractivity contribution in [3.8, 4) is 5.75 Å². The molecule has 1 fully saturated rings. The lowest BCUT2D eigenvalue weighted by atomic mass is 9.92. The zero-order valence-corrected chi connectivity index (χ0v) is 10.6. The molecular formula is C14H21NO2. The summed E-state index contributed by atoms with van der Waals surface area (Å²) in [4.78, 5) is 0. The maximum atomic E-state index is 10.4. The van der Waals surface area contributed by atoms with Crippen LogP contribution in [0.2, 0.25) is 0 Å². The van der Waals surface area contributed by atoms with Crippen molar-refractivity contribution in [2.75, 3.05) is 13.6 Å². The molecule has 94 valence electrons. The van der Waals surface area contributed by atoms with Crippen LogP contribution < -0.4 is 10.1 Å². The maximum absolute atomic E-state index is 10.4. The van der Waals surface area contributed by atoms with Crippen molar-refractivity contribution in [1.29, 1.82) is 0 Å². The average molecular weight is 235 g/mol. The Morgan fingerprint density at radius 1 is 1.47 bits per heavy atom. The van der Waals surface area contributed by atoms with E-state index in [0.29, 0.717) is 12.5 Å². The maximum Gasteiger partial charge on any atom is 0.120 e. The molecule has 0 aliphatic heterocycles. The first kappa shape index (κ1) is 12.4. The highest BCUT2D eigenvalue weighted by Gasteiger charge is 2.25. The molecule has 2 rings (SSSR count). The molecule has 1 aromatic carbocycles. The van der Waals surface area contributed by atoms with Crippen LogP contribution >= 0.6 is 0 Å². The second-order valence-electron chi connectivity index (χ2n) is 4.97. The van der Waals surface area contributed by atoms with Crippen LogP contribution in [-0.2, 0) is 5.60 Å². The van der Waals surface area contributed by atoms with Gasteiger partial charge in [0.05, 0.1) is 11.7 Å². The van der Waals surface area contributed by atoms with Crippen LogP contribution in [0.15, 0.2) is 24.3 Å². The van der Waals surface area contributed by atoms with E-state index in [1.54, 1.807) is 0 Å². The van der Waals surface area contributed by atoms with E-state index in [-0.39, 0.29) is 0 Å². The molecule has 1 saturated carbocycles. The van der Waals surface area contributed by atoms with Crippen molar-refractivity contribution in [3.05, 3.63) is 29.8 Å². The SMILES string of the molecule is CNCCC(C)(O)c1cccc(OC2CC2)c1. The molecule has 0 heterocycles. The van der Waals surface area contributed by atoms with E-state index in [4.69, 9.17) is 4.74 Å². The molecule has 2 N–H and O–H groups in total. The smallest absolute Gasteiger partial charge is 0.120 e. The molecule has 0 amide bonds. The normalized spacial score (nSPS) is 18.8. The Hall–Kier alpha value is -1.06. The minimum Gasteiger partial charge on any atom is -0.490 e. The van der Waals surface area contributed by atoms with Gasteiger partial charge in [-0.15, -0.1) is 0 Å². The van der Waals surface area contributed by atoms with Crippen LogP contribution in [0.5, 0.6) is 5.75 Å². The van der Waals surface area contributed by atoms with E-state index in [1.807, 2.05) is 38.2 Å². The van der Waals surface area contributed by atoms with Crippen molar-refractivity contribution >= 4 is 0 Å². The molecule has 1 aromatic rings. The molecule has 0 bridgehead atoms. The minimum absolute atomic E-state index is 0.396. The molecule has 1 atom stereocenters. The summed E-state index contributed by atoms with van der Waals surface area (Å²) in [6.07, 6.45) is 3.39. The predicted octanol–water partition coefficient (Wildman–Crippen LogP) is 2.04. The Balaban J connectivity index is 2.07. The van der Waals surface area contributed by atoms with E-state index in [9.17, 15) is 5.11 Å². The van der Waals surface area contributed by atoms with Gasteiger partial charge >= 0.3 is 0 Å². The zero-order chi connectivity index (χ0) is 12.3. The number of aliphatic hydroxyl groups is 1. The fraction of sp³-hybridized carbons (Fsp3) is 0.571. The number of hydrogen-bond acceptors (Lipinski definition) is 3. The molecule has 0 aromatic heterocycles. The fourth-order valence-corrected chi connectivity index (χ4v) is 1.80. The standard InChI is InChI=1S/C14H21NO2/c1-14(16,8-9-15-2)11-4-3-5-13(10-11)17-12-6-7-12/h3-5,10,12,15-16H,6-9H2,1-2H3. The number of benzene rings is 1. The van der Waals surface area contributed by atoms with Gasteiger partial charge in [-0.3, -0.25) is 0 Å². The second kappa shape index (κ2) is 5.07. The van der Waals surface area contributed by atoms with E-state index >= 15 is 0 Å². The van der Waals surface area contributed by atoms with Gasteiger partial charge < -0.3 is 15.2 Å². The Bertz CT molecular complexity index is 372. The summed E-state index contributed by atoms with van der Waals surface area (Å²) in [6.45, 7) is 2.64. The first-order chi connectivity index (χ1) is 8.12. The molecular weight excluding hydrogens is 214 g/mol. The minimum atomic E-state index is -0.800. The summed E-state index contributed by atoms with van der Waals surface area (Å²) < 4.78 is 5.74. The first-order valence-electron chi connectivity index (χ1n) is 6.26. The third kappa shape index (κ3) is 3.45. The Labute approximate surface area is 103 Å². The van der Waals surface area contributed by atoms with Crippen molar-refractivity contribution in [1.82, 2.24) is 5.32 Å². The van der Waals surface area contributed by atoms with Crippen LogP contribution in [0.3, 0.4) is 0 Å². The monoisotopic (exact) mass is 235 g/mol. The molecule has 1 aliphatic carbocycles. The van der Waals surface area contributed by atoms with E-state index < -0.39 is 5.60 Å². The summed E-state index contributed by atoms with van der Waals surface area (Å²) in [5.74, 6) is 0.870. The summed E-state index contributed by atoms with van der Waals surface area (Å²) in [5.41, 5.74) is 0.122. The van der Waals surface area contributed by atoms with Crippen molar-refractivity contribution in [2.24, 2.45) is 0 Å². The lowest BCUT2D eigenvalue weighted by Gasteiger charge is -2.24. The summed E-state index contributed by atoms with van der Waals surface area (Å²) in [6, 6.07) is 7.81. The number of rotatable bonds is 6. The third-order valence-corrected chi connectivity index (χ3v) is 3.14. The van der Waals surface area contributed by atoms with Crippen LogP contribution in [0.25, 0.3) is 0 Å². The highest BCUT2D eigenvalue weighted by Crippen LogP contribution is 2.30. The Morgan fingerprint density at radius 2 is 2.24 bits per heavy atom. The van der Waals surface area contributed by atoms with E-state index in [1.165, 1.54) is 0 Å². The van der Waals surface area contributed by atoms with Gasteiger partial charge in [0.2, 0.25) is 0 Å². The van der Waals surface area contributed by atoms with E-state index in [2.05, 4.69) is 5.32 Å². The van der Waals surface area contributed by atoms with Crippen LogP contribution in [-0.4, -0.2) is 24.8 Å². The summed E-state index contributed by atoms with van der Waals surface area (Å²) >= 11 is 0. The van der Waals surface area contributed by atoms with Gasteiger partial charge in [-0.2, -0.15) is 0 Å². The highest BCUT2D eigenvalue weighted by molar-refractivity contribution is 5.32. The van der Waals surface area contributed by atoms with Crippen LogP contribution in [0.4, 0.5) is 0 Å². The molecule has 3 heteroatoms. The molecule has 3 nitrogen and oxygen atoms in total. The lowest BCUT2D eigenvalue weighted by Crippen LogP contribution is -2.26. The molecule has 1 unspecified atom stereocenters. The van der Waals surface area contributed by atoms with Crippen molar-refractivity contribution in [2.45, 2.75) is 37.9 Å². The number of ether oxygens (including phenoxy) is 1. The van der Waals surface area contributed by atoms with Gasteiger partial charge in [0.1, 0.15) is 5.75 Å². The van der Waals surface area contributed by atoms with Gasteiger partial charge in [-0.05, 0) is 57.5 Å². The summed E-state index contributed by atoms with van der Waals surface area (Å²) in [5, 5.41) is 13.5. The number of hydrogen-bond donors (Lipinski definition) is 2. The zero-order valence-electron chi connectivity index (χ0n) is 10.6. The Morgan fingerprint density at radius 3 is 2.88 bits per heavy atom. The average Bonchev–Trinajstić information content (AvgIpc) is 3.11. The highest BCUT2D eigenvalue weighted by atomic mass is 16.5. The molecule has 0 saturated heterocycles. The second-order valence-corrected chi connectivity index (χ2v) is 4.97. The van der Waals surface area contributed by atoms with Gasteiger partial charge in [-0.25, -0.2) is 0 Å². The van der Waals surface area contributed by atoms with Gasteiger partial charge in [0, 0.05) is 0 Å². The quantitative estimate of drug-likeness (QED) is 0.793. The third-order valence-electron chi connectivity index (χ3n) is 3.14. The largest absolute Gasteiger partial charge is 0.490 e. The van der Waals surface area contributed by atoms with Crippen LogP contribution in [0.1, 0.15) is 31.7 Å². The van der Waals surface area contributed by atoms with E-state index in [0.717, 1.165) is 30.7 Å². The number of nitrogens with one attached hydrogen (secondary N) is 1. The van der Waals surface area contributed by atoms with Gasteiger partial charge in [0.15, 0.2) is 0 Å². The van der Waals surface area contributed by atoms with Crippen LogP contribution in [0, 0.1) is 0 Å². The first-order valence-corrected chi connectivity index (χ1v) is 6.26. The molecule has 17 heavy (non-hydrogen) atoms. The Kier molecular flexibility index (Phi) is 3.69. The molecule has 0 radical (unpaired) electrons. The lowest BCUT2D eigenvalue weighted by molar-refractivity contribution is 0.0482. The van der Waals surface area contributed by atoms with Crippen molar-refractivity contribution in [3.63, 3.8) is 0 Å².